The van der Waals surface area contributed by atoms with Gasteiger partial charge in [0, 0.05) is 22.0 Å². The molecule has 0 aliphatic heterocycles. The van der Waals surface area contributed by atoms with Gasteiger partial charge in [0.25, 0.3) is 5.91 Å². The lowest BCUT2D eigenvalue weighted by Crippen LogP contribution is -2.13. The first-order valence-electron chi connectivity index (χ1n) is 11.4. The third-order valence-electron chi connectivity index (χ3n) is 6.00. The molecule has 0 saturated heterocycles. The number of aryl methyl sites for hydroxylation is 2. The first kappa shape index (κ1) is 23.5. The molecule has 1 aromatic carbocycles. The lowest BCUT2D eigenvalue weighted by Gasteiger charge is -2.13. The van der Waals surface area contributed by atoms with E-state index < -0.39 is 5.91 Å². The van der Waals surface area contributed by atoms with Crippen LogP contribution in [0.3, 0.4) is 0 Å². The van der Waals surface area contributed by atoms with Gasteiger partial charge in [0.1, 0.15) is 16.6 Å². The second kappa shape index (κ2) is 10.1. The molecule has 0 unspecified atom stereocenters. The molecule has 0 spiro atoms. The highest BCUT2D eigenvalue weighted by Crippen LogP contribution is 2.39. The Morgan fingerprint density at radius 3 is 2.65 bits per heavy atom. The number of aromatic nitrogens is 1. The van der Waals surface area contributed by atoms with Crippen molar-refractivity contribution < 1.29 is 14.3 Å². The normalized spacial score (nSPS) is 13.2. The summed E-state index contributed by atoms with van der Waals surface area (Å²) in [5.74, 6) is -0.751. The van der Waals surface area contributed by atoms with Gasteiger partial charge in [-0.25, -0.2) is 4.79 Å². The summed E-state index contributed by atoms with van der Waals surface area (Å²) in [4.78, 5) is 26.9. The molecule has 2 aromatic heterocycles. The minimum Gasteiger partial charge on any atom is -0.462 e. The van der Waals surface area contributed by atoms with Gasteiger partial charge < -0.3 is 14.6 Å². The number of carbonyl (C=O) groups excluding carboxylic acids is 2. The summed E-state index contributed by atoms with van der Waals surface area (Å²) >= 11 is 1.64. The zero-order valence-corrected chi connectivity index (χ0v) is 20.4. The van der Waals surface area contributed by atoms with Crippen molar-refractivity contribution in [3.8, 4) is 11.1 Å². The number of amides is 1. The van der Waals surface area contributed by atoms with Gasteiger partial charge in [-0.1, -0.05) is 18.2 Å². The van der Waals surface area contributed by atoms with E-state index >= 15 is 0 Å². The van der Waals surface area contributed by atoms with E-state index in [0.29, 0.717) is 17.9 Å². The van der Waals surface area contributed by atoms with Crippen molar-refractivity contribution in [3.63, 3.8) is 0 Å². The predicted molar refractivity (Wildman–Crippen MR) is 134 cm³/mol. The van der Waals surface area contributed by atoms with Crippen LogP contribution < -0.4 is 5.32 Å². The van der Waals surface area contributed by atoms with Gasteiger partial charge >= 0.3 is 5.97 Å². The van der Waals surface area contributed by atoms with Crippen LogP contribution >= 0.6 is 11.3 Å². The lowest BCUT2D eigenvalue weighted by molar-refractivity contribution is -0.112. The number of anilines is 1. The number of nitrogens with zero attached hydrogens (tertiary/aromatic N) is 2. The molecule has 0 atom stereocenters. The zero-order chi connectivity index (χ0) is 24.2. The van der Waals surface area contributed by atoms with Crippen LogP contribution in [0.5, 0.6) is 0 Å². The van der Waals surface area contributed by atoms with Crippen LogP contribution in [-0.2, 0) is 22.4 Å². The number of carbonyl (C=O) groups is 2. The fourth-order valence-electron chi connectivity index (χ4n) is 4.39. The molecule has 3 aromatic rings. The third kappa shape index (κ3) is 4.55. The number of nitriles is 1. The van der Waals surface area contributed by atoms with Crippen LogP contribution in [0.1, 0.15) is 57.5 Å². The minimum atomic E-state index is -0.461. The lowest BCUT2D eigenvalue weighted by atomic mass is 9.95. The molecule has 4 rings (SSSR count). The van der Waals surface area contributed by atoms with E-state index in [0.717, 1.165) is 53.2 Å². The summed E-state index contributed by atoms with van der Waals surface area (Å²) in [6.07, 6.45) is 5.64. The Kier molecular flexibility index (Phi) is 6.99. The SMILES string of the molecule is CCOC(=O)c1c(-n2c(C)cc(/C=C(\C#N)C(=O)Nc3ccccc3)c2C)sc2c1CCCC2. The molecule has 0 fully saturated rings. The highest BCUT2D eigenvalue weighted by molar-refractivity contribution is 7.15. The van der Waals surface area contributed by atoms with Crippen molar-refractivity contribution in [3.05, 3.63) is 74.9 Å². The summed E-state index contributed by atoms with van der Waals surface area (Å²) in [7, 11) is 0. The molecule has 1 N–H and O–H groups in total. The smallest absolute Gasteiger partial charge is 0.341 e. The van der Waals surface area contributed by atoms with Crippen molar-refractivity contribution in [2.24, 2.45) is 0 Å². The van der Waals surface area contributed by atoms with E-state index in [1.54, 1.807) is 29.5 Å². The summed E-state index contributed by atoms with van der Waals surface area (Å²) in [6.45, 7) is 6.04. The van der Waals surface area contributed by atoms with E-state index in [9.17, 15) is 14.9 Å². The number of para-hydroxylation sites is 1. The van der Waals surface area contributed by atoms with Crippen LogP contribution in [0.2, 0.25) is 0 Å². The molecule has 7 heteroatoms. The van der Waals surface area contributed by atoms with Crippen LogP contribution in [0.4, 0.5) is 5.69 Å². The number of fused-ring (bicyclic) bond motifs is 1. The summed E-state index contributed by atoms with van der Waals surface area (Å²) < 4.78 is 7.46. The number of hydrogen-bond acceptors (Lipinski definition) is 5. The van der Waals surface area contributed by atoms with Gasteiger partial charge in [-0.2, -0.15) is 5.26 Å². The molecule has 1 aliphatic carbocycles. The molecule has 2 heterocycles. The second-order valence-corrected chi connectivity index (χ2v) is 9.35. The number of ether oxygens (including phenoxy) is 1. The van der Waals surface area contributed by atoms with Crippen molar-refractivity contribution >= 4 is 35.0 Å². The summed E-state index contributed by atoms with van der Waals surface area (Å²) in [5, 5.41) is 13.3. The van der Waals surface area contributed by atoms with Gasteiger partial charge in [0.15, 0.2) is 0 Å². The van der Waals surface area contributed by atoms with Crippen molar-refractivity contribution in [2.75, 3.05) is 11.9 Å². The summed E-state index contributed by atoms with van der Waals surface area (Å²) in [6, 6.07) is 13.0. The van der Waals surface area contributed by atoms with E-state index in [1.165, 1.54) is 4.88 Å². The van der Waals surface area contributed by atoms with E-state index in [1.807, 2.05) is 55.7 Å². The molecule has 0 radical (unpaired) electrons. The standard InChI is InChI=1S/C27H27N3O3S/c1-4-33-27(32)24-22-12-8-9-13-23(22)34-26(24)30-17(2)14-19(18(30)3)15-20(16-28)25(31)29-21-10-6-5-7-11-21/h5-7,10-11,14-15H,4,8-9,12-13H2,1-3H3,(H,29,31)/b20-15+. The molecular formula is C27H27N3O3S. The van der Waals surface area contributed by atoms with Gasteiger partial charge in [-0.05, 0) is 81.9 Å². The molecular weight excluding hydrogens is 446 g/mol. The Labute approximate surface area is 203 Å². The Balaban J connectivity index is 1.75. The molecule has 174 valence electrons. The van der Waals surface area contributed by atoms with Crippen molar-refractivity contribution in [2.45, 2.75) is 46.5 Å². The Morgan fingerprint density at radius 2 is 1.94 bits per heavy atom. The third-order valence-corrected chi connectivity index (χ3v) is 7.28. The molecule has 0 bridgehead atoms. The number of thiophene rings is 1. The van der Waals surface area contributed by atoms with Gasteiger partial charge in [0.05, 0.1) is 12.2 Å². The molecule has 1 amide bonds. The highest BCUT2D eigenvalue weighted by atomic mass is 32.1. The average molecular weight is 474 g/mol. The highest BCUT2D eigenvalue weighted by Gasteiger charge is 2.28. The fourth-order valence-corrected chi connectivity index (χ4v) is 5.88. The average Bonchev–Trinajstić information content (AvgIpc) is 3.34. The number of benzene rings is 1. The Hall–Kier alpha value is -3.63. The van der Waals surface area contributed by atoms with Crippen LogP contribution in [-0.4, -0.2) is 23.1 Å². The van der Waals surface area contributed by atoms with Gasteiger partial charge in [-0.3, -0.25) is 4.79 Å². The molecule has 0 saturated carbocycles. The van der Waals surface area contributed by atoms with Crippen LogP contribution in [0.25, 0.3) is 11.1 Å². The van der Waals surface area contributed by atoms with E-state index in [4.69, 9.17) is 4.74 Å². The topological polar surface area (TPSA) is 84.1 Å². The number of hydrogen-bond donors (Lipinski definition) is 1. The van der Waals surface area contributed by atoms with Crippen molar-refractivity contribution in [1.29, 1.82) is 5.26 Å². The number of nitrogens with one attached hydrogen (secondary N) is 1. The first-order chi connectivity index (χ1) is 16.4. The zero-order valence-electron chi connectivity index (χ0n) is 19.6. The minimum absolute atomic E-state index is 0.0141. The maximum Gasteiger partial charge on any atom is 0.341 e. The number of esters is 1. The first-order valence-corrected chi connectivity index (χ1v) is 12.2. The Morgan fingerprint density at radius 1 is 1.21 bits per heavy atom. The van der Waals surface area contributed by atoms with Crippen LogP contribution in [0, 0.1) is 25.2 Å². The molecule has 1 aliphatic rings. The predicted octanol–water partition coefficient (Wildman–Crippen LogP) is 5.76. The Bertz CT molecular complexity index is 1310. The van der Waals surface area contributed by atoms with E-state index in [-0.39, 0.29) is 11.5 Å². The largest absolute Gasteiger partial charge is 0.462 e. The monoisotopic (exact) mass is 473 g/mol. The maximum absolute atomic E-state index is 13.0. The fraction of sp³-hybridized carbons (Fsp3) is 0.296. The van der Waals surface area contributed by atoms with Crippen LogP contribution in [0.15, 0.2) is 42.0 Å². The molecule has 6 nitrogen and oxygen atoms in total. The van der Waals surface area contributed by atoms with Gasteiger partial charge in [-0.15, -0.1) is 11.3 Å². The van der Waals surface area contributed by atoms with Crippen molar-refractivity contribution in [1.82, 2.24) is 4.57 Å². The maximum atomic E-state index is 13.0. The van der Waals surface area contributed by atoms with E-state index in [2.05, 4.69) is 5.32 Å². The summed E-state index contributed by atoms with van der Waals surface area (Å²) in [5.41, 5.74) is 4.95. The number of rotatable bonds is 6. The second-order valence-electron chi connectivity index (χ2n) is 8.26. The molecule has 34 heavy (non-hydrogen) atoms. The van der Waals surface area contributed by atoms with Gasteiger partial charge in [0.2, 0.25) is 0 Å². The quantitative estimate of drug-likeness (QED) is 0.280.